The number of rotatable bonds is 9. The van der Waals surface area contributed by atoms with Crippen molar-refractivity contribution in [3.63, 3.8) is 0 Å². The molecule has 0 heterocycles. The van der Waals surface area contributed by atoms with Crippen molar-refractivity contribution in [3.8, 4) is 23.3 Å². The van der Waals surface area contributed by atoms with E-state index < -0.39 is 17.3 Å². The Morgan fingerprint density at radius 3 is 2.18 bits per heavy atom. The van der Waals surface area contributed by atoms with Crippen LogP contribution in [0.2, 0.25) is 0 Å². The third kappa shape index (κ3) is 4.01. The van der Waals surface area contributed by atoms with Crippen molar-refractivity contribution in [1.82, 2.24) is 0 Å². The Morgan fingerprint density at radius 1 is 1.06 bits per heavy atom. The number of Topliss-reactive ketones (excluding diaryl/α,β-unsaturated/α-hetero) is 1. The van der Waals surface area contributed by atoms with Crippen LogP contribution in [0.1, 0.15) is 43.7 Å². The maximum Gasteiger partial charge on any atom is 0.321 e. The van der Waals surface area contributed by atoms with Crippen LogP contribution in [0.15, 0.2) is 48.0 Å². The van der Waals surface area contributed by atoms with Gasteiger partial charge >= 0.3 is 5.97 Å². The van der Waals surface area contributed by atoms with E-state index in [0.717, 1.165) is 5.56 Å². The quantitative estimate of drug-likeness (QED) is 0.393. The van der Waals surface area contributed by atoms with E-state index in [4.69, 9.17) is 18.9 Å². The lowest BCUT2D eigenvalue weighted by Gasteiger charge is -2.35. The number of benzene rings is 2. The molecule has 178 valence electrons. The van der Waals surface area contributed by atoms with E-state index in [-0.39, 0.29) is 25.2 Å². The van der Waals surface area contributed by atoms with Gasteiger partial charge in [-0.2, -0.15) is 5.26 Å². The number of carbonyl (C=O) groups is 2. The van der Waals surface area contributed by atoms with Gasteiger partial charge in [0.05, 0.1) is 34.0 Å². The summed E-state index contributed by atoms with van der Waals surface area (Å²) in [5, 5.41) is 9.42. The molecule has 34 heavy (non-hydrogen) atoms. The van der Waals surface area contributed by atoms with Gasteiger partial charge in [-0.15, -0.1) is 0 Å². The molecular formula is C27H29NO6. The molecular weight excluding hydrogens is 434 g/mol. The lowest BCUT2D eigenvalue weighted by molar-refractivity contribution is -0.159. The second-order valence-electron chi connectivity index (χ2n) is 7.96. The van der Waals surface area contributed by atoms with Crippen LogP contribution in [0.25, 0.3) is 5.57 Å². The Bertz CT molecular complexity index is 1120. The summed E-state index contributed by atoms with van der Waals surface area (Å²) >= 11 is 0. The van der Waals surface area contributed by atoms with Crippen molar-refractivity contribution in [2.24, 2.45) is 5.41 Å². The molecule has 0 saturated heterocycles. The van der Waals surface area contributed by atoms with Crippen molar-refractivity contribution in [1.29, 1.82) is 5.26 Å². The summed E-state index contributed by atoms with van der Waals surface area (Å²) in [7, 11) is 4.55. The molecule has 0 fully saturated rings. The van der Waals surface area contributed by atoms with Gasteiger partial charge in [0, 0.05) is 30.0 Å². The minimum absolute atomic E-state index is 0.00214. The molecule has 0 bridgehead atoms. The predicted octanol–water partition coefficient (Wildman–Crippen LogP) is 4.71. The van der Waals surface area contributed by atoms with Crippen molar-refractivity contribution in [2.45, 2.75) is 32.6 Å². The molecule has 2 aromatic rings. The van der Waals surface area contributed by atoms with Crippen molar-refractivity contribution < 1.29 is 28.5 Å². The number of nitrogens with zero attached hydrogens (tertiary/aromatic N) is 1. The first kappa shape index (κ1) is 24.8. The highest BCUT2D eigenvalue weighted by atomic mass is 16.5. The molecule has 2 aromatic carbocycles. The summed E-state index contributed by atoms with van der Waals surface area (Å²) in [6, 6.07) is 14.9. The van der Waals surface area contributed by atoms with Crippen LogP contribution in [0, 0.1) is 16.7 Å². The van der Waals surface area contributed by atoms with Gasteiger partial charge in [0.2, 0.25) is 0 Å². The highest BCUT2D eigenvalue weighted by Gasteiger charge is 2.61. The van der Waals surface area contributed by atoms with Gasteiger partial charge in [-0.25, -0.2) is 0 Å². The van der Waals surface area contributed by atoms with Gasteiger partial charge in [0.1, 0.15) is 22.7 Å². The predicted molar refractivity (Wildman–Crippen MR) is 127 cm³/mol. The van der Waals surface area contributed by atoms with Crippen molar-refractivity contribution >= 4 is 17.3 Å². The second-order valence-corrected chi connectivity index (χ2v) is 7.96. The number of methoxy groups -OCH3 is 3. The number of ketones is 1. The first-order valence-electron chi connectivity index (χ1n) is 11.1. The molecule has 2 atom stereocenters. The lowest BCUT2D eigenvalue weighted by Crippen LogP contribution is -2.43. The summed E-state index contributed by atoms with van der Waals surface area (Å²) in [6.07, 6.45) is -0.00493. The summed E-state index contributed by atoms with van der Waals surface area (Å²) in [4.78, 5) is 27.6. The maximum absolute atomic E-state index is 14.0. The van der Waals surface area contributed by atoms with E-state index in [1.54, 1.807) is 26.0 Å². The number of nitriles is 1. The van der Waals surface area contributed by atoms with Gasteiger partial charge in [-0.1, -0.05) is 30.3 Å². The fourth-order valence-corrected chi connectivity index (χ4v) is 4.84. The summed E-state index contributed by atoms with van der Waals surface area (Å²) in [5.41, 5.74) is 0.804. The normalized spacial score (nSPS) is 19.5. The van der Waals surface area contributed by atoms with E-state index in [9.17, 15) is 14.9 Å². The number of allylic oxidation sites excluding steroid dienone is 2. The standard InChI is InChI=1S/C27H29NO6/c1-6-34-26(30)27(13-10-14-28)24(22(17(2)25(27)29)18-11-8-7-9-12-18)23-20(32-4)15-19(31-3)16-21(23)33-5/h7-9,11-12,15-16,24H,6,10,13H2,1-5H3/t24-,27+/m1/s1. The Kier molecular flexibility index (Phi) is 7.62. The Hall–Kier alpha value is -3.79. The van der Waals surface area contributed by atoms with Crippen molar-refractivity contribution in [2.75, 3.05) is 27.9 Å². The van der Waals surface area contributed by atoms with E-state index >= 15 is 0 Å². The average Bonchev–Trinajstić information content (AvgIpc) is 3.09. The number of hydrogen-bond acceptors (Lipinski definition) is 7. The largest absolute Gasteiger partial charge is 0.496 e. The van der Waals surface area contributed by atoms with Crippen LogP contribution in [0.4, 0.5) is 0 Å². The van der Waals surface area contributed by atoms with E-state index in [1.807, 2.05) is 30.3 Å². The first-order valence-corrected chi connectivity index (χ1v) is 11.1. The van der Waals surface area contributed by atoms with E-state index in [0.29, 0.717) is 34.0 Å². The molecule has 3 rings (SSSR count). The van der Waals surface area contributed by atoms with Crippen LogP contribution < -0.4 is 14.2 Å². The molecule has 0 N–H and O–H groups in total. The molecule has 0 unspecified atom stereocenters. The number of esters is 1. The SMILES string of the molecule is CCOC(=O)[C@]1(CCC#N)C(=O)C(C)=C(c2ccccc2)[C@@H]1c1c(OC)cc(OC)cc1OC. The fourth-order valence-electron chi connectivity index (χ4n) is 4.84. The van der Waals surface area contributed by atoms with E-state index in [1.165, 1.54) is 21.3 Å². The summed E-state index contributed by atoms with van der Waals surface area (Å²) in [5.74, 6) is -0.506. The van der Waals surface area contributed by atoms with Crippen LogP contribution in [0.3, 0.4) is 0 Å². The third-order valence-corrected chi connectivity index (χ3v) is 6.33. The molecule has 0 spiro atoms. The molecule has 0 saturated carbocycles. The van der Waals surface area contributed by atoms with Gasteiger partial charge < -0.3 is 18.9 Å². The molecule has 7 heteroatoms. The molecule has 0 aromatic heterocycles. The monoisotopic (exact) mass is 463 g/mol. The fraction of sp³-hybridized carbons (Fsp3) is 0.370. The second kappa shape index (κ2) is 10.4. The minimum atomic E-state index is -1.64. The number of hydrogen-bond donors (Lipinski definition) is 0. The third-order valence-electron chi connectivity index (χ3n) is 6.33. The van der Waals surface area contributed by atoms with Crippen LogP contribution in [0.5, 0.6) is 17.2 Å². The zero-order chi connectivity index (χ0) is 24.9. The molecule has 1 aliphatic rings. The average molecular weight is 464 g/mol. The lowest BCUT2D eigenvalue weighted by atomic mass is 9.67. The van der Waals surface area contributed by atoms with Crippen molar-refractivity contribution in [3.05, 3.63) is 59.2 Å². The van der Waals surface area contributed by atoms with Gasteiger partial charge in [0.25, 0.3) is 0 Å². The van der Waals surface area contributed by atoms with Gasteiger partial charge in [-0.3, -0.25) is 9.59 Å². The summed E-state index contributed by atoms with van der Waals surface area (Å²) in [6.45, 7) is 3.51. The van der Waals surface area contributed by atoms with Gasteiger partial charge in [0.15, 0.2) is 5.78 Å². The minimum Gasteiger partial charge on any atom is -0.496 e. The Balaban J connectivity index is 2.45. The topological polar surface area (TPSA) is 94.9 Å². The molecule has 1 aliphatic carbocycles. The zero-order valence-electron chi connectivity index (χ0n) is 20.1. The Morgan fingerprint density at radius 2 is 1.68 bits per heavy atom. The number of ether oxygens (including phenoxy) is 4. The van der Waals surface area contributed by atoms with Crippen LogP contribution in [-0.2, 0) is 14.3 Å². The molecule has 0 aliphatic heterocycles. The molecule has 0 radical (unpaired) electrons. The smallest absolute Gasteiger partial charge is 0.321 e. The number of carbonyl (C=O) groups excluding carboxylic acids is 2. The molecule has 0 amide bonds. The Labute approximate surface area is 199 Å². The highest BCUT2D eigenvalue weighted by Crippen LogP contribution is 2.60. The van der Waals surface area contributed by atoms with E-state index in [2.05, 4.69) is 6.07 Å². The molecule has 7 nitrogen and oxygen atoms in total. The van der Waals surface area contributed by atoms with Gasteiger partial charge in [-0.05, 0) is 37.0 Å². The zero-order valence-corrected chi connectivity index (χ0v) is 20.1. The maximum atomic E-state index is 14.0. The van der Waals surface area contributed by atoms with Crippen LogP contribution in [-0.4, -0.2) is 39.7 Å². The summed E-state index contributed by atoms with van der Waals surface area (Å²) < 4.78 is 22.3. The first-order chi connectivity index (χ1) is 16.4. The van der Waals surface area contributed by atoms with Crippen LogP contribution >= 0.6 is 0 Å². The highest BCUT2D eigenvalue weighted by molar-refractivity contribution is 6.22.